The van der Waals surface area contributed by atoms with E-state index in [-0.39, 0.29) is 24.1 Å². The van der Waals surface area contributed by atoms with Crippen LogP contribution in [0.4, 0.5) is 5.69 Å². The first-order valence-electron chi connectivity index (χ1n) is 6.34. The van der Waals surface area contributed by atoms with Gasteiger partial charge in [0.25, 0.3) is 5.69 Å². The van der Waals surface area contributed by atoms with Crippen molar-refractivity contribution in [3.05, 3.63) is 46.0 Å². The number of hydrogen-bond donors (Lipinski definition) is 2. The summed E-state index contributed by atoms with van der Waals surface area (Å²) in [5.74, 6) is -0.00938. The highest BCUT2D eigenvalue weighted by Crippen LogP contribution is 2.12. The van der Waals surface area contributed by atoms with Gasteiger partial charge in [-0.15, -0.1) is 0 Å². The number of aliphatic hydroxyl groups excluding tert-OH is 1. The molecule has 0 fully saturated rings. The molecule has 0 aliphatic rings. The Morgan fingerprint density at radius 2 is 2.10 bits per heavy atom. The molecule has 2 N–H and O–H groups in total. The molecule has 0 aliphatic heterocycles. The number of aliphatic hydroxyl groups is 1. The van der Waals surface area contributed by atoms with Crippen molar-refractivity contribution < 1.29 is 14.8 Å². The number of rotatable bonds is 7. The second-order valence-electron chi connectivity index (χ2n) is 4.54. The summed E-state index contributed by atoms with van der Waals surface area (Å²) >= 11 is 0. The summed E-state index contributed by atoms with van der Waals surface area (Å²) in [4.78, 5) is 21.5. The lowest BCUT2D eigenvalue weighted by Crippen LogP contribution is -2.26. The van der Waals surface area contributed by atoms with E-state index in [0.717, 1.165) is 0 Å². The van der Waals surface area contributed by atoms with Gasteiger partial charge >= 0.3 is 0 Å². The van der Waals surface area contributed by atoms with Crippen LogP contribution in [-0.4, -0.2) is 29.1 Å². The first-order chi connectivity index (χ1) is 9.52. The Labute approximate surface area is 117 Å². The van der Waals surface area contributed by atoms with Gasteiger partial charge in [0, 0.05) is 31.4 Å². The van der Waals surface area contributed by atoms with Crippen molar-refractivity contribution in [3.63, 3.8) is 0 Å². The number of nitro benzene ring substituents is 1. The first-order valence-corrected chi connectivity index (χ1v) is 6.34. The third-order valence-electron chi connectivity index (χ3n) is 2.78. The van der Waals surface area contributed by atoms with Gasteiger partial charge in [0.15, 0.2) is 0 Å². The number of nitrogens with one attached hydrogen (secondary N) is 1. The van der Waals surface area contributed by atoms with Gasteiger partial charge in [0.05, 0.1) is 4.92 Å². The number of carbonyl (C=O) groups is 1. The van der Waals surface area contributed by atoms with E-state index in [2.05, 4.69) is 5.32 Å². The smallest absolute Gasteiger partial charge is 0.269 e. The minimum atomic E-state index is -0.469. The van der Waals surface area contributed by atoms with E-state index in [1.807, 2.05) is 6.92 Å². The highest BCUT2D eigenvalue weighted by atomic mass is 16.6. The van der Waals surface area contributed by atoms with Crippen molar-refractivity contribution in [1.29, 1.82) is 0 Å². The summed E-state index contributed by atoms with van der Waals surface area (Å²) in [7, 11) is 0. The molecule has 6 heteroatoms. The molecule has 0 radical (unpaired) electrons. The largest absolute Gasteiger partial charge is 0.396 e. The second-order valence-corrected chi connectivity index (χ2v) is 4.54. The summed E-state index contributed by atoms with van der Waals surface area (Å²) in [6, 6.07) is 5.94. The monoisotopic (exact) mass is 278 g/mol. The predicted octanol–water partition coefficient (Wildman–Crippen LogP) is 1.74. The zero-order valence-corrected chi connectivity index (χ0v) is 11.3. The molecular weight excluding hydrogens is 260 g/mol. The van der Waals surface area contributed by atoms with Crippen LogP contribution in [0.5, 0.6) is 0 Å². The number of hydrogen-bond acceptors (Lipinski definition) is 4. The molecule has 0 spiro atoms. The summed E-state index contributed by atoms with van der Waals surface area (Å²) in [6.07, 6.45) is 3.62. The van der Waals surface area contributed by atoms with Gasteiger partial charge in [-0.1, -0.05) is 6.92 Å². The Hall–Kier alpha value is -2.21. The number of carbonyl (C=O) groups excluding carboxylic acids is 1. The number of nitrogens with zero attached hydrogens (tertiary/aromatic N) is 1. The van der Waals surface area contributed by atoms with Gasteiger partial charge in [-0.05, 0) is 36.1 Å². The molecule has 0 saturated carbocycles. The van der Waals surface area contributed by atoms with Crippen molar-refractivity contribution >= 4 is 17.7 Å². The van der Waals surface area contributed by atoms with Gasteiger partial charge in [0.1, 0.15) is 0 Å². The van der Waals surface area contributed by atoms with E-state index in [0.29, 0.717) is 18.5 Å². The molecule has 1 atom stereocenters. The van der Waals surface area contributed by atoms with Crippen LogP contribution < -0.4 is 5.32 Å². The molecule has 0 aromatic heterocycles. The van der Waals surface area contributed by atoms with E-state index in [4.69, 9.17) is 5.11 Å². The molecule has 0 aliphatic carbocycles. The highest BCUT2D eigenvalue weighted by molar-refractivity contribution is 5.91. The maximum Gasteiger partial charge on any atom is 0.269 e. The van der Waals surface area contributed by atoms with E-state index < -0.39 is 4.92 Å². The van der Waals surface area contributed by atoms with Crippen molar-refractivity contribution in [2.45, 2.75) is 13.3 Å². The maximum absolute atomic E-state index is 11.5. The molecular formula is C14H18N2O4. The third-order valence-corrected chi connectivity index (χ3v) is 2.78. The fraction of sp³-hybridized carbons (Fsp3) is 0.357. The molecule has 20 heavy (non-hydrogen) atoms. The number of nitro groups is 1. The molecule has 0 saturated heterocycles. The minimum absolute atomic E-state index is 0.0180. The van der Waals surface area contributed by atoms with Gasteiger partial charge in [-0.3, -0.25) is 14.9 Å². The first kappa shape index (κ1) is 15.8. The molecule has 0 bridgehead atoms. The van der Waals surface area contributed by atoms with Crippen molar-refractivity contribution in [3.8, 4) is 0 Å². The Morgan fingerprint density at radius 1 is 1.45 bits per heavy atom. The molecule has 108 valence electrons. The van der Waals surface area contributed by atoms with Crippen molar-refractivity contribution in [1.82, 2.24) is 5.32 Å². The van der Waals surface area contributed by atoms with E-state index in [9.17, 15) is 14.9 Å². The number of amides is 1. The molecule has 0 heterocycles. The Kier molecular flexibility index (Phi) is 6.39. The summed E-state index contributed by atoms with van der Waals surface area (Å²) < 4.78 is 0. The normalized spacial score (nSPS) is 12.3. The maximum atomic E-state index is 11.5. The van der Waals surface area contributed by atoms with Gasteiger partial charge in [-0.2, -0.15) is 0 Å². The molecule has 1 rings (SSSR count). The van der Waals surface area contributed by atoms with Crippen LogP contribution >= 0.6 is 0 Å². The summed E-state index contributed by atoms with van der Waals surface area (Å²) in [5, 5.41) is 21.9. The van der Waals surface area contributed by atoms with Crippen LogP contribution in [-0.2, 0) is 4.79 Å². The second kappa shape index (κ2) is 8.06. The minimum Gasteiger partial charge on any atom is -0.396 e. The van der Waals surface area contributed by atoms with E-state index >= 15 is 0 Å². The van der Waals surface area contributed by atoms with Crippen LogP contribution in [0, 0.1) is 16.0 Å². The van der Waals surface area contributed by atoms with Crippen molar-refractivity contribution in [2.75, 3.05) is 13.2 Å². The topological polar surface area (TPSA) is 92.5 Å². The lowest BCUT2D eigenvalue weighted by atomic mass is 10.1. The quantitative estimate of drug-likeness (QED) is 0.451. The van der Waals surface area contributed by atoms with E-state index in [1.165, 1.54) is 18.2 Å². The standard InChI is InChI=1S/C14H18N2O4/c1-11(8-9-17)10-15-14(18)7-4-12-2-5-13(6-3-12)16(19)20/h2-7,11,17H,8-10H2,1H3,(H,15,18). The van der Waals surface area contributed by atoms with Gasteiger partial charge < -0.3 is 10.4 Å². The Morgan fingerprint density at radius 3 is 2.65 bits per heavy atom. The number of benzene rings is 1. The summed E-state index contributed by atoms with van der Waals surface area (Å²) in [5.41, 5.74) is 0.735. The highest BCUT2D eigenvalue weighted by Gasteiger charge is 2.04. The zero-order valence-electron chi connectivity index (χ0n) is 11.3. The molecule has 6 nitrogen and oxygen atoms in total. The van der Waals surface area contributed by atoms with Crippen molar-refractivity contribution in [2.24, 2.45) is 5.92 Å². The Bertz CT molecular complexity index is 482. The average Bonchev–Trinajstić information content (AvgIpc) is 2.43. The Balaban J connectivity index is 2.46. The molecule has 1 unspecified atom stereocenters. The third kappa shape index (κ3) is 5.62. The van der Waals surface area contributed by atoms with Crippen LogP contribution in [0.1, 0.15) is 18.9 Å². The van der Waals surface area contributed by atoms with Gasteiger partial charge in [-0.25, -0.2) is 0 Å². The van der Waals surface area contributed by atoms with E-state index in [1.54, 1.807) is 18.2 Å². The zero-order chi connectivity index (χ0) is 15.0. The SMILES string of the molecule is CC(CCO)CNC(=O)C=Cc1ccc([N+](=O)[O-])cc1. The fourth-order valence-electron chi connectivity index (χ4n) is 1.54. The fourth-order valence-corrected chi connectivity index (χ4v) is 1.54. The van der Waals surface area contributed by atoms with Crippen LogP contribution in [0.15, 0.2) is 30.3 Å². The number of non-ortho nitro benzene ring substituents is 1. The average molecular weight is 278 g/mol. The van der Waals surface area contributed by atoms with Crippen LogP contribution in [0.25, 0.3) is 6.08 Å². The molecule has 1 amide bonds. The van der Waals surface area contributed by atoms with Gasteiger partial charge in [0.2, 0.25) is 5.91 Å². The van der Waals surface area contributed by atoms with Crippen LogP contribution in [0.2, 0.25) is 0 Å². The lowest BCUT2D eigenvalue weighted by molar-refractivity contribution is -0.384. The summed E-state index contributed by atoms with van der Waals surface area (Å²) in [6.45, 7) is 2.55. The predicted molar refractivity (Wildman–Crippen MR) is 76.0 cm³/mol. The molecule has 1 aromatic carbocycles. The molecule has 1 aromatic rings. The van der Waals surface area contributed by atoms with Crippen LogP contribution in [0.3, 0.4) is 0 Å². The lowest BCUT2D eigenvalue weighted by Gasteiger charge is -2.09.